The lowest BCUT2D eigenvalue weighted by atomic mass is 10.0. The molecule has 32 heavy (non-hydrogen) atoms. The lowest BCUT2D eigenvalue weighted by Crippen LogP contribution is -2.20. The Morgan fingerprint density at radius 1 is 1.12 bits per heavy atom. The van der Waals surface area contributed by atoms with Gasteiger partial charge in [-0.15, -0.1) is 0 Å². The van der Waals surface area contributed by atoms with Crippen LogP contribution in [-0.4, -0.2) is 20.7 Å². The molecule has 4 rings (SSSR count). The quantitative estimate of drug-likeness (QED) is 0.387. The molecule has 0 fully saturated rings. The van der Waals surface area contributed by atoms with Gasteiger partial charge < -0.3 is 5.32 Å². The molecule has 0 atom stereocenters. The van der Waals surface area contributed by atoms with Crippen molar-refractivity contribution in [1.82, 2.24) is 14.8 Å². The molecule has 2 heterocycles. The van der Waals surface area contributed by atoms with E-state index >= 15 is 0 Å². The van der Waals surface area contributed by atoms with E-state index in [0.717, 1.165) is 23.3 Å². The summed E-state index contributed by atoms with van der Waals surface area (Å²) in [5, 5.41) is 7.03. The van der Waals surface area contributed by atoms with Crippen LogP contribution in [0.2, 0.25) is 5.02 Å². The third-order valence-corrected chi connectivity index (χ3v) is 5.14. The Bertz CT molecular complexity index is 1320. The fraction of sp³-hybridized carbons (Fsp3) is 0.136. The molecule has 2 aromatic carbocycles. The molecule has 164 valence electrons. The number of fused-ring (bicyclic) bond motifs is 1. The van der Waals surface area contributed by atoms with Gasteiger partial charge in [0.15, 0.2) is 5.65 Å². The topological polar surface area (TPSA) is 59.8 Å². The highest BCUT2D eigenvalue weighted by Gasteiger charge is 2.33. The Labute approximate surface area is 184 Å². The van der Waals surface area contributed by atoms with Crippen molar-refractivity contribution in [2.45, 2.75) is 19.6 Å². The van der Waals surface area contributed by atoms with E-state index in [1.807, 2.05) is 0 Å². The maximum Gasteiger partial charge on any atom is 0.417 e. The molecule has 0 aliphatic carbocycles. The van der Waals surface area contributed by atoms with E-state index in [2.05, 4.69) is 15.4 Å². The van der Waals surface area contributed by atoms with Crippen LogP contribution in [0.15, 0.2) is 54.7 Å². The minimum atomic E-state index is -4.65. The van der Waals surface area contributed by atoms with E-state index in [1.54, 1.807) is 31.3 Å². The number of rotatable bonds is 4. The van der Waals surface area contributed by atoms with E-state index in [0.29, 0.717) is 16.7 Å². The van der Waals surface area contributed by atoms with Gasteiger partial charge in [-0.25, -0.2) is 14.1 Å². The van der Waals surface area contributed by atoms with E-state index in [1.165, 1.54) is 22.9 Å². The molecule has 2 aromatic heterocycles. The van der Waals surface area contributed by atoms with Crippen LogP contribution < -0.4 is 5.32 Å². The van der Waals surface area contributed by atoms with Crippen molar-refractivity contribution in [3.63, 3.8) is 0 Å². The maximum atomic E-state index is 13.3. The third kappa shape index (κ3) is 4.29. The molecule has 0 aliphatic heterocycles. The number of amides is 1. The monoisotopic (exact) mass is 462 g/mol. The number of carbonyl (C=O) groups excluding carboxylic acids is 1. The van der Waals surface area contributed by atoms with Gasteiger partial charge in [-0.05, 0) is 54.4 Å². The van der Waals surface area contributed by atoms with Crippen molar-refractivity contribution in [2.24, 2.45) is 0 Å². The van der Waals surface area contributed by atoms with Crippen LogP contribution in [-0.2, 0) is 17.5 Å². The fourth-order valence-electron chi connectivity index (χ4n) is 3.42. The van der Waals surface area contributed by atoms with E-state index in [-0.39, 0.29) is 18.0 Å². The number of nitrogens with one attached hydrogen (secondary N) is 1. The van der Waals surface area contributed by atoms with Gasteiger partial charge >= 0.3 is 6.18 Å². The molecule has 0 saturated heterocycles. The van der Waals surface area contributed by atoms with E-state index in [9.17, 15) is 22.4 Å². The van der Waals surface area contributed by atoms with Crippen LogP contribution in [0, 0.1) is 12.7 Å². The molecular formula is C22H15ClF4N4O. The molecule has 1 amide bonds. The number of carbonyl (C=O) groups is 1. The first-order valence-electron chi connectivity index (χ1n) is 9.38. The summed E-state index contributed by atoms with van der Waals surface area (Å²) in [4.78, 5) is 16.8. The molecule has 0 spiro atoms. The van der Waals surface area contributed by atoms with Crippen molar-refractivity contribution >= 4 is 34.2 Å². The van der Waals surface area contributed by atoms with Crippen LogP contribution in [0.25, 0.3) is 22.2 Å². The summed E-state index contributed by atoms with van der Waals surface area (Å²) in [5.74, 6) is -0.946. The average Bonchev–Trinajstić information content (AvgIpc) is 3.05. The van der Waals surface area contributed by atoms with E-state index < -0.39 is 22.7 Å². The first-order chi connectivity index (χ1) is 15.1. The van der Waals surface area contributed by atoms with Crippen molar-refractivity contribution in [3.8, 4) is 11.1 Å². The van der Waals surface area contributed by atoms with Crippen molar-refractivity contribution in [2.75, 3.05) is 5.32 Å². The predicted molar refractivity (Wildman–Crippen MR) is 113 cm³/mol. The van der Waals surface area contributed by atoms with Crippen molar-refractivity contribution in [1.29, 1.82) is 0 Å². The van der Waals surface area contributed by atoms with Gasteiger partial charge in [-0.2, -0.15) is 18.3 Å². The molecule has 0 saturated carbocycles. The minimum Gasteiger partial charge on any atom is -0.324 e. The average molecular weight is 463 g/mol. The van der Waals surface area contributed by atoms with Gasteiger partial charge in [0, 0.05) is 17.3 Å². The normalized spacial score (nSPS) is 11.7. The Morgan fingerprint density at radius 3 is 2.53 bits per heavy atom. The molecule has 0 aliphatic rings. The number of pyridine rings is 1. The second-order valence-corrected chi connectivity index (χ2v) is 7.45. The van der Waals surface area contributed by atoms with Crippen LogP contribution in [0.3, 0.4) is 0 Å². The Morgan fingerprint density at radius 2 is 1.84 bits per heavy atom. The molecule has 0 bridgehead atoms. The predicted octanol–water partition coefficient (Wildman–Crippen LogP) is 5.86. The summed E-state index contributed by atoms with van der Waals surface area (Å²) in [6.07, 6.45) is -3.10. The Kier molecular flexibility index (Phi) is 5.60. The summed E-state index contributed by atoms with van der Waals surface area (Å²) in [7, 11) is 0. The zero-order valence-corrected chi connectivity index (χ0v) is 17.3. The molecule has 1 N–H and O–H groups in total. The van der Waals surface area contributed by atoms with Gasteiger partial charge in [-0.3, -0.25) is 4.79 Å². The SMILES string of the molecule is Cc1nn(CC(=O)Nc2ccc(Cl)c(C(F)(F)F)c2)c2nccc(-c3ccc(F)cc3)c12. The smallest absolute Gasteiger partial charge is 0.324 e. The first kappa shape index (κ1) is 21.8. The number of halogens is 5. The van der Waals surface area contributed by atoms with Crippen LogP contribution in [0.5, 0.6) is 0 Å². The van der Waals surface area contributed by atoms with Crippen molar-refractivity contribution < 1.29 is 22.4 Å². The first-order valence-corrected chi connectivity index (χ1v) is 9.76. The van der Waals surface area contributed by atoms with Crippen LogP contribution in [0.4, 0.5) is 23.2 Å². The van der Waals surface area contributed by atoms with Gasteiger partial charge in [-0.1, -0.05) is 23.7 Å². The second kappa shape index (κ2) is 8.23. The minimum absolute atomic E-state index is 0.0418. The summed E-state index contributed by atoms with van der Waals surface area (Å²) in [6, 6.07) is 10.8. The zero-order chi connectivity index (χ0) is 23.0. The number of nitrogens with zero attached hydrogens (tertiary/aromatic N) is 3. The van der Waals surface area contributed by atoms with Crippen molar-refractivity contribution in [3.05, 3.63) is 76.8 Å². The number of alkyl halides is 3. The lowest BCUT2D eigenvalue weighted by Gasteiger charge is -2.12. The van der Waals surface area contributed by atoms with Gasteiger partial charge in [0.05, 0.1) is 16.3 Å². The van der Waals surface area contributed by atoms with Gasteiger partial charge in [0.1, 0.15) is 12.4 Å². The number of hydrogen-bond donors (Lipinski definition) is 1. The standard InChI is InChI=1S/C22H15ClF4N4O/c1-12-20-16(13-2-4-14(24)5-3-13)8-9-28-21(20)31(30-12)11-19(32)29-15-6-7-18(23)17(10-15)22(25,26)27/h2-10H,11H2,1H3,(H,29,32). The number of benzene rings is 2. The largest absolute Gasteiger partial charge is 0.417 e. The second-order valence-electron chi connectivity index (χ2n) is 7.05. The zero-order valence-electron chi connectivity index (χ0n) is 16.5. The number of aryl methyl sites for hydroxylation is 1. The summed E-state index contributed by atoms with van der Waals surface area (Å²) in [5.41, 5.74) is 1.47. The van der Waals surface area contributed by atoms with Crippen LogP contribution >= 0.6 is 11.6 Å². The highest BCUT2D eigenvalue weighted by atomic mass is 35.5. The summed E-state index contributed by atoms with van der Waals surface area (Å²) < 4.78 is 53.8. The Balaban J connectivity index is 1.62. The maximum absolute atomic E-state index is 13.3. The molecule has 10 heteroatoms. The highest BCUT2D eigenvalue weighted by Crippen LogP contribution is 2.36. The van der Waals surface area contributed by atoms with Gasteiger partial charge in [0.2, 0.25) is 5.91 Å². The lowest BCUT2D eigenvalue weighted by molar-refractivity contribution is -0.137. The molecular weight excluding hydrogens is 448 g/mol. The summed E-state index contributed by atoms with van der Waals surface area (Å²) in [6.45, 7) is 1.48. The number of anilines is 1. The molecule has 0 radical (unpaired) electrons. The fourth-order valence-corrected chi connectivity index (χ4v) is 3.64. The third-order valence-electron chi connectivity index (χ3n) is 4.81. The molecule has 5 nitrogen and oxygen atoms in total. The number of hydrogen-bond acceptors (Lipinski definition) is 3. The van der Waals surface area contributed by atoms with E-state index in [4.69, 9.17) is 11.6 Å². The van der Waals surface area contributed by atoms with Crippen LogP contribution in [0.1, 0.15) is 11.3 Å². The summed E-state index contributed by atoms with van der Waals surface area (Å²) >= 11 is 5.61. The molecule has 4 aromatic rings. The highest BCUT2D eigenvalue weighted by molar-refractivity contribution is 6.31. The van der Waals surface area contributed by atoms with Gasteiger partial charge in [0.25, 0.3) is 0 Å². The molecule has 0 unspecified atom stereocenters. The Hall–Kier alpha value is -3.46. The number of aromatic nitrogens is 3.